The highest BCUT2D eigenvalue weighted by molar-refractivity contribution is 7.98. The van der Waals surface area contributed by atoms with Gasteiger partial charge in [0.15, 0.2) is 0 Å². The molecule has 156 valence electrons. The lowest BCUT2D eigenvalue weighted by Gasteiger charge is -2.24. The average Bonchev–Trinajstić information content (AvgIpc) is 2.75. The van der Waals surface area contributed by atoms with E-state index in [-0.39, 0.29) is 15.6 Å². The van der Waals surface area contributed by atoms with Gasteiger partial charge in [0, 0.05) is 4.90 Å². The number of sulfonamides is 1. The minimum absolute atomic E-state index is 0.00256. The van der Waals surface area contributed by atoms with Crippen LogP contribution in [-0.2, 0) is 14.8 Å². The number of para-hydroxylation sites is 1. The second kappa shape index (κ2) is 9.51. The van der Waals surface area contributed by atoms with Crippen molar-refractivity contribution in [3.05, 3.63) is 83.6 Å². The third-order valence-electron chi connectivity index (χ3n) is 4.19. The molecular formula is C21H18ClFN2O3S2. The number of carbonyl (C=O) groups is 1. The van der Waals surface area contributed by atoms with E-state index < -0.39 is 28.3 Å². The number of thioether (sulfide) groups is 1. The van der Waals surface area contributed by atoms with E-state index in [0.29, 0.717) is 5.69 Å². The maximum atomic E-state index is 13.6. The van der Waals surface area contributed by atoms with E-state index in [1.807, 2.05) is 18.4 Å². The van der Waals surface area contributed by atoms with Crippen LogP contribution in [0.5, 0.6) is 0 Å². The van der Waals surface area contributed by atoms with Crippen LogP contribution in [0.4, 0.5) is 15.8 Å². The molecule has 3 aromatic rings. The highest BCUT2D eigenvalue weighted by atomic mass is 35.5. The molecule has 0 aliphatic heterocycles. The van der Waals surface area contributed by atoms with Gasteiger partial charge in [-0.25, -0.2) is 12.8 Å². The van der Waals surface area contributed by atoms with Crippen molar-refractivity contribution in [1.82, 2.24) is 0 Å². The Kier molecular flexibility index (Phi) is 7.02. The predicted molar refractivity (Wildman–Crippen MR) is 119 cm³/mol. The summed E-state index contributed by atoms with van der Waals surface area (Å²) in [7, 11) is -4.10. The van der Waals surface area contributed by atoms with Crippen molar-refractivity contribution >= 4 is 50.7 Å². The summed E-state index contributed by atoms with van der Waals surface area (Å²) in [6.45, 7) is -0.512. The van der Waals surface area contributed by atoms with Crippen molar-refractivity contribution in [2.24, 2.45) is 0 Å². The summed E-state index contributed by atoms with van der Waals surface area (Å²) in [5, 5.41) is 2.50. The molecule has 30 heavy (non-hydrogen) atoms. The Labute approximate surface area is 183 Å². The molecule has 0 radical (unpaired) electrons. The summed E-state index contributed by atoms with van der Waals surface area (Å²) in [6, 6.07) is 18.4. The lowest BCUT2D eigenvalue weighted by Crippen LogP contribution is -2.38. The van der Waals surface area contributed by atoms with E-state index in [4.69, 9.17) is 11.6 Å². The second-order valence-corrected chi connectivity index (χ2v) is 9.29. The summed E-state index contributed by atoms with van der Waals surface area (Å²) in [5.41, 5.74) is 0.655. The van der Waals surface area contributed by atoms with Gasteiger partial charge in [0.1, 0.15) is 12.4 Å². The molecular weight excluding hydrogens is 447 g/mol. The third kappa shape index (κ3) is 4.95. The van der Waals surface area contributed by atoms with Crippen LogP contribution < -0.4 is 9.62 Å². The molecule has 0 aromatic heterocycles. The molecule has 5 nitrogen and oxygen atoms in total. The van der Waals surface area contributed by atoms with Gasteiger partial charge in [0.2, 0.25) is 5.91 Å². The molecule has 1 N–H and O–H groups in total. The van der Waals surface area contributed by atoms with Gasteiger partial charge < -0.3 is 5.32 Å². The van der Waals surface area contributed by atoms with E-state index in [2.05, 4.69) is 5.32 Å². The Morgan fingerprint density at radius 1 is 1.07 bits per heavy atom. The second-order valence-electron chi connectivity index (χ2n) is 6.17. The Morgan fingerprint density at radius 3 is 2.40 bits per heavy atom. The third-order valence-corrected chi connectivity index (χ3v) is 7.06. The number of anilines is 2. The fraction of sp³-hybridized carbons (Fsp3) is 0.0952. The average molecular weight is 465 g/mol. The predicted octanol–water partition coefficient (Wildman–Crippen LogP) is 5.04. The minimum atomic E-state index is -4.10. The van der Waals surface area contributed by atoms with Crippen molar-refractivity contribution in [3.8, 4) is 0 Å². The molecule has 0 saturated heterocycles. The monoisotopic (exact) mass is 464 g/mol. The normalized spacial score (nSPS) is 11.2. The maximum Gasteiger partial charge on any atom is 0.264 e. The summed E-state index contributed by atoms with van der Waals surface area (Å²) in [5.74, 6) is -1.23. The summed E-state index contributed by atoms with van der Waals surface area (Å²) in [4.78, 5) is 13.6. The van der Waals surface area contributed by atoms with E-state index in [1.54, 1.807) is 30.3 Å². The zero-order valence-corrected chi connectivity index (χ0v) is 18.3. The summed E-state index contributed by atoms with van der Waals surface area (Å²) >= 11 is 7.31. The van der Waals surface area contributed by atoms with Crippen LogP contribution in [0, 0.1) is 5.82 Å². The number of benzene rings is 3. The number of nitrogens with one attached hydrogen (secondary N) is 1. The molecule has 0 unspecified atom stereocenters. The summed E-state index contributed by atoms with van der Waals surface area (Å²) in [6.07, 6.45) is 1.87. The lowest BCUT2D eigenvalue weighted by atomic mass is 10.3. The Morgan fingerprint density at radius 2 is 1.73 bits per heavy atom. The van der Waals surface area contributed by atoms with Gasteiger partial charge in [-0.05, 0) is 48.7 Å². The first-order valence-electron chi connectivity index (χ1n) is 8.78. The Bertz CT molecular complexity index is 1160. The molecule has 0 fully saturated rings. The standard InChI is InChI=1S/C21H18ClFN2O3S2/c1-29-20-10-6-5-9-19(20)24-21(26)14-25(15-11-12-18(23)17(22)13-15)30(27,28)16-7-3-2-4-8-16/h2-13H,14H2,1H3,(H,24,26). The smallest absolute Gasteiger partial charge is 0.264 e. The van der Waals surface area contributed by atoms with Gasteiger partial charge >= 0.3 is 0 Å². The molecule has 0 saturated carbocycles. The van der Waals surface area contributed by atoms with Crippen molar-refractivity contribution in [2.45, 2.75) is 9.79 Å². The van der Waals surface area contributed by atoms with E-state index in [9.17, 15) is 17.6 Å². The first kappa shape index (κ1) is 22.1. The molecule has 0 bridgehead atoms. The van der Waals surface area contributed by atoms with Crippen molar-refractivity contribution in [3.63, 3.8) is 0 Å². The van der Waals surface area contributed by atoms with E-state index in [0.717, 1.165) is 15.3 Å². The first-order valence-corrected chi connectivity index (χ1v) is 11.8. The molecule has 0 aliphatic carbocycles. The fourth-order valence-corrected chi connectivity index (χ4v) is 4.91. The van der Waals surface area contributed by atoms with Crippen molar-refractivity contribution in [1.29, 1.82) is 0 Å². The number of hydrogen-bond donors (Lipinski definition) is 1. The van der Waals surface area contributed by atoms with Crippen molar-refractivity contribution < 1.29 is 17.6 Å². The fourth-order valence-electron chi connectivity index (χ4n) is 2.74. The Balaban J connectivity index is 1.97. The van der Waals surface area contributed by atoms with Gasteiger partial charge in [-0.3, -0.25) is 9.10 Å². The van der Waals surface area contributed by atoms with Gasteiger partial charge in [-0.2, -0.15) is 0 Å². The summed E-state index contributed by atoms with van der Waals surface area (Å²) < 4.78 is 41.0. The van der Waals surface area contributed by atoms with Crippen LogP contribution in [0.2, 0.25) is 5.02 Å². The molecule has 3 rings (SSSR count). The minimum Gasteiger partial charge on any atom is -0.323 e. The van der Waals surface area contributed by atoms with E-state index >= 15 is 0 Å². The van der Waals surface area contributed by atoms with Gasteiger partial charge in [-0.1, -0.05) is 41.9 Å². The van der Waals surface area contributed by atoms with E-state index in [1.165, 1.54) is 36.0 Å². The topological polar surface area (TPSA) is 66.5 Å². The van der Waals surface area contributed by atoms with Crippen LogP contribution in [0.15, 0.2) is 82.6 Å². The van der Waals surface area contributed by atoms with Crippen molar-refractivity contribution in [2.75, 3.05) is 22.4 Å². The molecule has 0 heterocycles. The lowest BCUT2D eigenvalue weighted by molar-refractivity contribution is -0.114. The molecule has 3 aromatic carbocycles. The number of amides is 1. The largest absolute Gasteiger partial charge is 0.323 e. The molecule has 1 amide bonds. The number of halogens is 2. The molecule has 0 atom stereocenters. The Hall–Kier alpha value is -2.55. The number of rotatable bonds is 7. The SMILES string of the molecule is CSc1ccccc1NC(=O)CN(c1ccc(F)c(Cl)c1)S(=O)(=O)c1ccccc1. The zero-order chi connectivity index (χ0) is 21.7. The van der Waals surface area contributed by atoms with Crippen LogP contribution >= 0.6 is 23.4 Å². The van der Waals surface area contributed by atoms with Crippen LogP contribution in [0.25, 0.3) is 0 Å². The first-order chi connectivity index (χ1) is 14.3. The molecule has 9 heteroatoms. The molecule has 0 spiro atoms. The van der Waals surface area contributed by atoms with Gasteiger partial charge in [0.05, 0.1) is 21.3 Å². The van der Waals surface area contributed by atoms with Gasteiger partial charge in [-0.15, -0.1) is 11.8 Å². The number of carbonyl (C=O) groups excluding carboxylic acids is 1. The zero-order valence-electron chi connectivity index (χ0n) is 15.9. The quantitative estimate of drug-likeness (QED) is 0.498. The maximum absolute atomic E-state index is 13.6. The molecule has 0 aliphatic rings. The number of hydrogen-bond acceptors (Lipinski definition) is 4. The van der Waals surface area contributed by atoms with Crippen LogP contribution in [0.3, 0.4) is 0 Å². The number of nitrogens with zero attached hydrogens (tertiary/aromatic N) is 1. The highest BCUT2D eigenvalue weighted by Gasteiger charge is 2.28. The van der Waals surface area contributed by atoms with Crippen LogP contribution in [0.1, 0.15) is 0 Å². The van der Waals surface area contributed by atoms with Crippen LogP contribution in [-0.4, -0.2) is 27.1 Å². The van der Waals surface area contributed by atoms with Gasteiger partial charge in [0.25, 0.3) is 10.0 Å². The highest BCUT2D eigenvalue weighted by Crippen LogP contribution is 2.28.